The van der Waals surface area contributed by atoms with Crippen molar-refractivity contribution < 1.29 is 9.18 Å². The molecule has 0 aliphatic rings. The predicted molar refractivity (Wildman–Crippen MR) is 47.1 cm³/mol. The number of nitrogens with zero attached hydrogens (tertiary/aromatic N) is 1. The maximum absolute atomic E-state index is 12.8. The van der Waals surface area contributed by atoms with Crippen molar-refractivity contribution in [2.75, 3.05) is 5.33 Å². The van der Waals surface area contributed by atoms with E-state index in [1.54, 1.807) is 6.92 Å². The Morgan fingerprint density at radius 1 is 1.67 bits per heavy atom. The smallest absolute Gasteiger partial charge is 0.175 e. The molecule has 0 aliphatic carbocycles. The molecule has 0 aliphatic heterocycles. The summed E-state index contributed by atoms with van der Waals surface area (Å²) in [6.07, 6.45) is 2.47. The van der Waals surface area contributed by atoms with Gasteiger partial charge in [0.2, 0.25) is 0 Å². The number of ketones is 1. The van der Waals surface area contributed by atoms with E-state index in [1.165, 1.54) is 6.20 Å². The van der Waals surface area contributed by atoms with Crippen LogP contribution in [0.25, 0.3) is 0 Å². The van der Waals surface area contributed by atoms with Gasteiger partial charge in [-0.1, -0.05) is 15.9 Å². The lowest BCUT2D eigenvalue weighted by atomic mass is 10.1. The van der Waals surface area contributed by atoms with Crippen molar-refractivity contribution in [3.63, 3.8) is 0 Å². The number of rotatable bonds is 2. The molecule has 0 amide bonds. The fourth-order valence-electron chi connectivity index (χ4n) is 0.853. The van der Waals surface area contributed by atoms with E-state index in [9.17, 15) is 9.18 Å². The fraction of sp³-hybridized carbons (Fsp3) is 0.250. The molecule has 0 saturated heterocycles. The molecule has 2 nitrogen and oxygen atoms in total. The number of hydrogen-bond acceptors (Lipinski definition) is 2. The molecule has 0 spiro atoms. The molecule has 0 bridgehead atoms. The number of carbonyl (C=O) groups is 1. The zero-order valence-electron chi connectivity index (χ0n) is 6.47. The number of alkyl halides is 1. The Hall–Kier alpha value is -0.770. The van der Waals surface area contributed by atoms with Gasteiger partial charge in [-0.2, -0.15) is 0 Å². The van der Waals surface area contributed by atoms with Crippen LogP contribution in [0.2, 0.25) is 0 Å². The number of halogens is 2. The van der Waals surface area contributed by atoms with Crippen molar-refractivity contribution in [1.82, 2.24) is 4.98 Å². The minimum absolute atomic E-state index is 0.153. The largest absolute Gasteiger partial charge is 0.293 e. The van der Waals surface area contributed by atoms with Crippen LogP contribution in [0, 0.1) is 12.7 Å². The molecule has 0 unspecified atom stereocenters. The predicted octanol–water partition coefficient (Wildman–Crippen LogP) is 2.11. The molecular weight excluding hydrogens is 225 g/mol. The SMILES string of the molecule is Cc1c(F)cncc1C(=O)CBr. The third-order valence-corrected chi connectivity index (χ3v) is 2.08. The highest BCUT2D eigenvalue weighted by atomic mass is 79.9. The van der Waals surface area contributed by atoms with E-state index in [2.05, 4.69) is 20.9 Å². The van der Waals surface area contributed by atoms with Crippen molar-refractivity contribution in [1.29, 1.82) is 0 Å². The molecule has 1 rings (SSSR count). The number of aromatic nitrogens is 1. The summed E-state index contributed by atoms with van der Waals surface area (Å²) >= 11 is 3.01. The Labute approximate surface area is 77.9 Å². The van der Waals surface area contributed by atoms with Crippen molar-refractivity contribution in [3.8, 4) is 0 Å². The van der Waals surface area contributed by atoms with Crippen molar-refractivity contribution in [2.45, 2.75) is 6.92 Å². The molecule has 4 heteroatoms. The second kappa shape index (κ2) is 3.76. The van der Waals surface area contributed by atoms with Gasteiger partial charge in [-0.3, -0.25) is 9.78 Å². The maximum atomic E-state index is 12.8. The van der Waals surface area contributed by atoms with Crippen LogP contribution in [-0.4, -0.2) is 16.1 Å². The van der Waals surface area contributed by atoms with Gasteiger partial charge < -0.3 is 0 Å². The Bertz CT molecular complexity index is 314. The highest BCUT2D eigenvalue weighted by Crippen LogP contribution is 2.11. The molecule has 1 aromatic heterocycles. The van der Waals surface area contributed by atoms with Crippen LogP contribution in [0.4, 0.5) is 4.39 Å². The molecule has 12 heavy (non-hydrogen) atoms. The second-order valence-electron chi connectivity index (χ2n) is 2.35. The van der Waals surface area contributed by atoms with Crippen LogP contribution in [0.15, 0.2) is 12.4 Å². The standard InChI is InChI=1S/C8H7BrFNO/c1-5-6(8(12)2-9)3-11-4-7(5)10/h3-4H,2H2,1H3. The minimum Gasteiger partial charge on any atom is -0.293 e. The van der Waals surface area contributed by atoms with Gasteiger partial charge in [0.1, 0.15) is 5.82 Å². The summed E-state index contributed by atoms with van der Waals surface area (Å²) in [4.78, 5) is 14.7. The summed E-state index contributed by atoms with van der Waals surface area (Å²) in [5.41, 5.74) is 0.696. The van der Waals surface area contributed by atoms with Crippen LogP contribution >= 0.6 is 15.9 Å². The Kier molecular flexibility index (Phi) is 2.92. The van der Waals surface area contributed by atoms with Crippen molar-refractivity contribution in [3.05, 3.63) is 29.3 Å². The van der Waals surface area contributed by atoms with Crippen molar-refractivity contribution >= 4 is 21.7 Å². The Balaban J connectivity index is 3.16. The first-order chi connectivity index (χ1) is 5.66. The number of carbonyl (C=O) groups excluding carboxylic acids is 1. The fourth-order valence-corrected chi connectivity index (χ4v) is 1.15. The third kappa shape index (κ3) is 1.69. The van der Waals surface area contributed by atoms with E-state index >= 15 is 0 Å². The lowest BCUT2D eigenvalue weighted by Gasteiger charge is -2.01. The molecule has 1 aromatic rings. The average molecular weight is 232 g/mol. The quantitative estimate of drug-likeness (QED) is 0.577. The van der Waals surface area contributed by atoms with Crippen LogP contribution < -0.4 is 0 Å². The first-order valence-corrected chi connectivity index (χ1v) is 4.48. The molecule has 0 saturated carbocycles. The zero-order valence-corrected chi connectivity index (χ0v) is 8.06. The molecule has 0 atom stereocenters. The van der Waals surface area contributed by atoms with Gasteiger partial charge in [-0.15, -0.1) is 0 Å². The summed E-state index contributed by atoms with van der Waals surface area (Å²) in [5, 5.41) is 0.193. The number of Topliss-reactive ketones (excluding diaryl/α,β-unsaturated/α-hetero) is 1. The van der Waals surface area contributed by atoms with E-state index < -0.39 is 5.82 Å². The van der Waals surface area contributed by atoms with Crippen LogP contribution in [0.3, 0.4) is 0 Å². The highest BCUT2D eigenvalue weighted by Gasteiger charge is 2.10. The first-order valence-electron chi connectivity index (χ1n) is 3.36. The van der Waals surface area contributed by atoms with Gasteiger partial charge in [-0.05, 0) is 12.5 Å². The van der Waals surface area contributed by atoms with Gasteiger partial charge in [0, 0.05) is 11.8 Å². The van der Waals surface area contributed by atoms with E-state index in [4.69, 9.17) is 0 Å². The Morgan fingerprint density at radius 2 is 2.33 bits per heavy atom. The van der Waals surface area contributed by atoms with Gasteiger partial charge in [0.05, 0.1) is 11.5 Å². The first kappa shape index (κ1) is 9.32. The molecule has 1 heterocycles. The molecule has 64 valence electrons. The second-order valence-corrected chi connectivity index (χ2v) is 2.91. The van der Waals surface area contributed by atoms with Crippen molar-refractivity contribution in [2.24, 2.45) is 0 Å². The zero-order chi connectivity index (χ0) is 9.14. The lowest BCUT2D eigenvalue weighted by molar-refractivity contribution is 0.102. The monoisotopic (exact) mass is 231 g/mol. The molecular formula is C8H7BrFNO. The average Bonchev–Trinajstić information content (AvgIpc) is 2.08. The third-order valence-electron chi connectivity index (χ3n) is 1.58. The van der Waals surface area contributed by atoms with Crippen LogP contribution in [-0.2, 0) is 0 Å². The van der Waals surface area contributed by atoms with E-state index in [1.807, 2.05) is 0 Å². The molecule has 0 radical (unpaired) electrons. The highest BCUT2D eigenvalue weighted by molar-refractivity contribution is 9.09. The molecule has 0 fully saturated rings. The van der Waals surface area contributed by atoms with E-state index in [-0.39, 0.29) is 11.1 Å². The topological polar surface area (TPSA) is 30.0 Å². The lowest BCUT2D eigenvalue weighted by Crippen LogP contribution is -2.04. The maximum Gasteiger partial charge on any atom is 0.175 e. The normalized spacial score (nSPS) is 9.92. The van der Waals surface area contributed by atoms with E-state index in [0.717, 1.165) is 6.20 Å². The van der Waals surface area contributed by atoms with Crippen LogP contribution in [0.1, 0.15) is 15.9 Å². The molecule has 0 aromatic carbocycles. The minimum atomic E-state index is -0.443. The summed E-state index contributed by atoms with van der Waals surface area (Å²) in [6, 6.07) is 0. The van der Waals surface area contributed by atoms with E-state index in [0.29, 0.717) is 11.1 Å². The summed E-state index contributed by atoms with van der Waals surface area (Å²) < 4.78 is 12.8. The number of hydrogen-bond donors (Lipinski definition) is 0. The number of pyridine rings is 1. The van der Waals surface area contributed by atoms with Crippen LogP contribution in [0.5, 0.6) is 0 Å². The van der Waals surface area contributed by atoms with Gasteiger partial charge in [0.25, 0.3) is 0 Å². The van der Waals surface area contributed by atoms with Gasteiger partial charge in [0.15, 0.2) is 5.78 Å². The Morgan fingerprint density at radius 3 is 2.92 bits per heavy atom. The molecule has 0 N–H and O–H groups in total. The summed E-state index contributed by atoms with van der Waals surface area (Å²) in [7, 11) is 0. The summed E-state index contributed by atoms with van der Waals surface area (Å²) in [6.45, 7) is 1.56. The van der Waals surface area contributed by atoms with Gasteiger partial charge >= 0.3 is 0 Å². The summed E-state index contributed by atoms with van der Waals surface area (Å²) in [5.74, 6) is -0.596. The van der Waals surface area contributed by atoms with Gasteiger partial charge in [-0.25, -0.2) is 4.39 Å².